The standard InChI is InChI=1S/C10H14N2.C4H8O2/c1-12-7-3-5-10(12)9-4-2-6-11-8-9;1-2-3-4(5)6/h2,4,6,8,10H,3,5,7H2,1H3;2-3H2,1H3,(H,5,6)/t10-;/m0./s1. The van der Waals surface area contributed by atoms with Gasteiger partial charge in [0.15, 0.2) is 0 Å². The molecule has 1 N–H and O–H groups in total. The molecule has 1 aromatic rings. The first-order valence-corrected chi connectivity index (χ1v) is 6.47. The van der Waals surface area contributed by atoms with Crippen LogP contribution in [-0.2, 0) is 4.79 Å². The molecule has 1 fully saturated rings. The summed E-state index contributed by atoms with van der Waals surface area (Å²) in [5.74, 6) is -0.711. The number of carbonyl (C=O) groups is 1. The van der Waals surface area contributed by atoms with Gasteiger partial charge in [0.25, 0.3) is 0 Å². The number of likely N-dealkylation sites (tertiary alicyclic amines) is 1. The summed E-state index contributed by atoms with van der Waals surface area (Å²) in [6.07, 6.45) is 7.43. The first-order valence-electron chi connectivity index (χ1n) is 6.47. The van der Waals surface area contributed by atoms with Crippen LogP contribution in [0, 0.1) is 0 Å². The van der Waals surface area contributed by atoms with Crippen LogP contribution in [0.3, 0.4) is 0 Å². The third-order valence-electron chi connectivity index (χ3n) is 3.05. The molecule has 1 saturated heterocycles. The van der Waals surface area contributed by atoms with E-state index in [4.69, 9.17) is 5.11 Å². The highest BCUT2D eigenvalue weighted by Gasteiger charge is 2.21. The van der Waals surface area contributed by atoms with Gasteiger partial charge < -0.3 is 5.11 Å². The number of pyridine rings is 1. The summed E-state index contributed by atoms with van der Waals surface area (Å²) in [6.45, 7) is 3.06. The Bertz CT molecular complexity index is 354. The van der Waals surface area contributed by atoms with E-state index in [0.717, 1.165) is 6.42 Å². The van der Waals surface area contributed by atoms with Crippen LogP contribution >= 0.6 is 0 Å². The maximum atomic E-state index is 9.60. The number of aliphatic carboxylic acids is 1. The molecule has 1 aliphatic heterocycles. The van der Waals surface area contributed by atoms with Gasteiger partial charge in [-0.3, -0.25) is 14.7 Å². The molecule has 0 unspecified atom stereocenters. The van der Waals surface area contributed by atoms with Crippen LogP contribution in [0.15, 0.2) is 24.5 Å². The van der Waals surface area contributed by atoms with E-state index in [1.807, 2.05) is 25.4 Å². The zero-order chi connectivity index (χ0) is 13.4. The van der Waals surface area contributed by atoms with E-state index < -0.39 is 5.97 Å². The minimum absolute atomic E-state index is 0.292. The fourth-order valence-electron chi connectivity index (χ4n) is 2.12. The number of aromatic nitrogens is 1. The van der Waals surface area contributed by atoms with Crippen molar-refractivity contribution in [1.82, 2.24) is 9.88 Å². The van der Waals surface area contributed by atoms with Crippen LogP contribution in [-0.4, -0.2) is 34.6 Å². The largest absolute Gasteiger partial charge is 0.481 e. The Labute approximate surface area is 109 Å². The van der Waals surface area contributed by atoms with Crippen LogP contribution in [0.2, 0.25) is 0 Å². The van der Waals surface area contributed by atoms with Crippen LogP contribution in [0.1, 0.15) is 44.2 Å². The lowest BCUT2D eigenvalue weighted by atomic mass is 10.1. The zero-order valence-corrected chi connectivity index (χ0v) is 11.2. The Kier molecular flexibility index (Phi) is 6.36. The van der Waals surface area contributed by atoms with Crippen molar-refractivity contribution >= 4 is 5.97 Å². The normalized spacial score (nSPS) is 19.1. The van der Waals surface area contributed by atoms with Crippen LogP contribution in [0.4, 0.5) is 0 Å². The minimum atomic E-state index is -0.711. The Balaban J connectivity index is 0.000000232. The van der Waals surface area contributed by atoms with E-state index in [9.17, 15) is 4.79 Å². The molecular formula is C14H22N2O2. The van der Waals surface area contributed by atoms with Crippen LogP contribution in [0.5, 0.6) is 0 Å². The first-order chi connectivity index (χ1) is 8.65. The summed E-state index contributed by atoms with van der Waals surface area (Å²) >= 11 is 0. The van der Waals surface area contributed by atoms with Crippen molar-refractivity contribution in [2.45, 2.75) is 38.6 Å². The number of hydrogen-bond acceptors (Lipinski definition) is 3. The van der Waals surface area contributed by atoms with Gasteiger partial charge in [-0.2, -0.15) is 0 Å². The number of nitrogens with zero attached hydrogens (tertiary/aromatic N) is 2. The van der Waals surface area contributed by atoms with Gasteiger partial charge in [0.1, 0.15) is 0 Å². The van der Waals surface area contributed by atoms with Gasteiger partial charge in [0.05, 0.1) is 0 Å². The maximum absolute atomic E-state index is 9.60. The highest BCUT2D eigenvalue weighted by molar-refractivity contribution is 5.66. The number of carboxylic acids is 1. The lowest BCUT2D eigenvalue weighted by Crippen LogP contribution is -2.17. The van der Waals surface area contributed by atoms with E-state index in [1.165, 1.54) is 24.9 Å². The second-order valence-corrected chi connectivity index (χ2v) is 4.57. The monoisotopic (exact) mass is 250 g/mol. The summed E-state index contributed by atoms with van der Waals surface area (Å²) < 4.78 is 0. The van der Waals surface area contributed by atoms with Gasteiger partial charge in [0, 0.05) is 24.9 Å². The molecule has 1 aromatic heterocycles. The SMILES string of the molecule is CCCC(=O)O.CN1CCC[C@H]1c1cccnc1. The number of carboxylic acid groups (broad SMARTS) is 1. The van der Waals surface area contributed by atoms with Crippen molar-refractivity contribution in [2.24, 2.45) is 0 Å². The van der Waals surface area contributed by atoms with Crippen LogP contribution in [0.25, 0.3) is 0 Å². The van der Waals surface area contributed by atoms with Gasteiger partial charge in [0.2, 0.25) is 0 Å². The van der Waals surface area contributed by atoms with E-state index >= 15 is 0 Å². The molecular weight excluding hydrogens is 228 g/mol. The third kappa shape index (κ3) is 4.84. The molecule has 0 saturated carbocycles. The Morgan fingerprint density at radius 1 is 1.61 bits per heavy atom. The molecule has 0 radical (unpaired) electrons. The second kappa shape index (κ2) is 7.82. The molecule has 4 nitrogen and oxygen atoms in total. The molecule has 2 heterocycles. The highest BCUT2D eigenvalue weighted by atomic mass is 16.4. The molecule has 0 spiro atoms. The summed E-state index contributed by atoms with van der Waals surface area (Å²) in [5, 5.41) is 7.91. The quantitative estimate of drug-likeness (QED) is 0.896. The predicted molar refractivity (Wildman–Crippen MR) is 71.4 cm³/mol. The average molecular weight is 250 g/mol. The van der Waals surface area contributed by atoms with E-state index in [2.05, 4.69) is 23.0 Å². The minimum Gasteiger partial charge on any atom is -0.481 e. The first kappa shape index (κ1) is 14.6. The topological polar surface area (TPSA) is 53.4 Å². The van der Waals surface area contributed by atoms with Crippen molar-refractivity contribution in [1.29, 1.82) is 0 Å². The molecule has 18 heavy (non-hydrogen) atoms. The number of hydrogen-bond donors (Lipinski definition) is 1. The Morgan fingerprint density at radius 3 is 2.78 bits per heavy atom. The van der Waals surface area contributed by atoms with Crippen molar-refractivity contribution in [3.8, 4) is 0 Å². The van der Waals surface area contributed by atoms with E-state index in [-0.39, 0.29) is 0 Å². The molecule has 0 amide bonds. The predicted octanol–water partition coefficient (Wildman–Crippen LogP) is 2.72. The highest BCUT2D eigenvalue weighted by Crippen LogP contribution is 2.29. The summed E-state index contributed by atoms with van der Waals surface area (Å²) in [5.41, 5.74) is 1.36. The Morgan fingerprint density at radius 2 is 2.39 bits per heavy atom. The molecule has 0 aromatic carbocycles. The third-order valence-corrected chi connectivity index (χ3v) is 3.05. The molecule has 4 heteroatoms. The summed E-state index contributed by atoms with van der Waals surface area (Å²) in [4.78, 5) is 16.1. The number of rotatable bonds is 3. The molecule has 1 aliphatic rings. The van der Waals surface area contributed by atoms with Crippen molar-refractivity contribution in [3.05, 3.63) is 30.1 Å². The second-order valence-electron chi connectivity index (χ2n) is 4.57. The van der Waals surface area contributed by atoms with Crippen molar-refractivity contribution in [3.63, 3.8) is 0 Å². The van der Waals surface area contributed by atoms with Gasteiger partial charge >= 0.3 is 5.97 Å². The molecule has 0 aliphatic carbocycles. The molecule has 100 valence electrons. The smallest absolute Gasteiger partial charge is 0.303 e. The molecule has 1 atom stereocenters. The van der Waals surface area contributed by atoms with Gasteiger partial charge in [-0.25, -0.2) is 0 Å². The fourth-order valence-corrected chi connectivity index (χ4v) is 2.12. The lowest BCUT2D eigenvalue weighted by molar-refractivity contribution is -0.137. The fraction of sp³-hybridized carbons (Fsp3) is 0.571. The van der Waals surface area contributed by atoms with Crippen molar-refractivity contribution < 1.29 is 9.90 Å². The van der Waals surface area contributed by atoms with Crippen LogP contribution < -0.4 is 0 Å². The van der Waals surface area contributed by atoms with Gasteiger partial charge in [-0.1, -0.05) is 13.0 Å². The average Bonchev–Trinajstić information content (AvgIpc) is 2.77. The molecule has 0 bridgehead atoms. The summed E-state index contributed by atoms with van der Waals surface area (Å²) in [6, 6.07) is 4.79. The van der Waals surface area contributed by atoms with E-state index in [0.29, 0.717) is 12.5 Å². The molecule has 2 rings (SSSR count). The van der Waals surface area contributed by atoms with Gasteiger partial charge in [-0.05, 0) is 44.5 Å². The summed E-state index contributed by atoms with van der Waals surface area (Å²) in [7, 11) is 2.19. The van der Waals surface area contributed by atoms with E-state index in [1.54, 1.807) is 0 Å². The Hall–Kier alpha value is -1.42. The van der Waals surface area contributed by atoms with Crippen molar-refractivity contribution in [2.75, 3.05) is 13.6 Å². The maximum Gasteiger partial charge on any atom is 0.303 e. The van der Waals surface area contributed by atoms with Gasteiger partial charge in [-0.15, -0.1) is 0 Å². The lowest BCUT2D eigenvalue weighted by Gasteiger charge is -2.18. The zero-order valence-electron chi connectivity index (χ0n) is 11.2.